The van der Waals surface area contributed by atoms with Crippen LogP contribution in [0.15, 0.2) is 11.6 Å². The molecule has 4 unspecified atom stereocenters. The summed E-state index contributed by atoms with van der Waals surface area (Å²) in [7, 11) is 0. The third-order valence-corrected chi connectivity index (χ3v) is 12.2. The highest BCUT2D eigenvalue weighted by Crippen LogP contribution is 2.70. The van der Waals surface area contributed by atoms with Crippen molar-refractivity contribution in [3.8, 4) is 0 Å². The van der Waals surface area contributed by atoms with Crippen molar-refractivity contribution >= 4 is 5.78 Å². The fourth-order valence-corrected chi connectivity index (χ4v) is 9.25. The summed E-state index contributed by atoms with van der Waals surface area (Å²) in [5.74, 6) is -0.275. The van der Waals surface area contributed by atoms with E-state index in [1.54, 1.807) is 13.0 Å². The van der Waals surface area contributed by atoms with E-state index in [9.17, 15) is 35.4 Å². The molecule has 0 aliphatic heterocycles. The zero-order valence-corrected chi connectivity index (χ0v) is 23.6. The molecule has 0 amide bonds. The number of hydrogen-bond donors (Lipinski definition) is 6. The van der Waals surface area contributed by atoms with E-state index in [4.69, 9.17) is 0 Å². The van der Waals surface area contributed by atoms with Gasteiger partial charge in [0.2, 0.25) is 0 Å². The van der Waals surface area contributed by atoms with Gasteiger partial charge in [0.05, 0.1) is 29.5 Å². The Bertz CT molecular complexity index is 929. The molecular weight excluding hydrogens is 472 g/mol. The Morgan fingerprint density at radius 1 is 1.05 bits per heavy atom. The lowest BCUT2D eigenvalue weighted by Gasteiger charge is -2.63. The Kier molecular flexibility index (Phi) is 7.39. The maximum absolute atomic E-state index is 13.6. The lowest BCUT2D eigenvalue weighted by atomic mass is 9.41. The Hall–Kier alpha value is -0.830. The first kappa shape index (κ1) is 29.2. The lowest BCUT2D eigenvalue weighted by molar-refractivity contribution is -0.189. The predicted molar refractivity (Wildman–Crippen MR) is 140 cm³/mol. The highest BCUT2D eigenvalue weighted by molar-refractivity contribution is 5.97. The molecule has 0 bridgehead atoms. The Morgan fingerprint density at radius 3 is 2.27 bits per heavy atom. The van der Waals surface area contributed by atoms with Gasteiger partial charge in [0.25, 0.3) is 0 Å². The van der Waals surface area contributed by atoms with Crippen molar-refractivity contribution < 1.29 is 35.4 Å². The molecule has 7 heteroatoms. The molecule has 0 aromatic heterocycles. The van der Waals surface area contributed by atoms with E-state index in [1.165, 1.54) is 0 Å². The molecule has 3 fully saturated rings. The van der Waals surface area contributed by atoms with E-state index in [0.29, 0.717) is 50.5 Å². The van der Waals surface area contributed by atoms with Crippen LogP contribution in [0.25, 0.3) is 0 Å². The average molecular weight is 523 g/mol. The number of hydrogen-bond acceptors (Lipinski definition) is 7. The van der Waals surface area contributed by atoms with Gasteiger partial charge < -0.3 is 30.6 Å². The van der Waals surface area contributed by atoms with Crippen LogP contribution < -0.4 is 0 Å². The molecule has 3 saturated carbocycles. The van der Waals surface area contributed by atoms with Crippen LogP contribution in [0, 0.1) is 39.9 Å². The van der Waals surface area contributed by atoms with Gasteiger partial charge in [0, 0.05) is 17.4 Å². The molecule has 6 N–H and O–H groups in total. The number of carbonyl (C=O) groups excluding carboxylic acids is 1. The van der Waals surface area contributed by atoms with Crippen LogP contribution in [-0.4, -0.2) is 72.5 Å². The molecule has 4 rings (SSSR count). The third kappa shape index (κ3) is 4.02. The van der Waals surface area contributed by atoms with Crippen molar-refractivity contribution in [3.63, 3.8) is 0 Å². The minimum Gasteiger partial charge on any atom is -0.396 e. The first-order valence-electron chi connectivity index (χ1n) is 14.4. The number of carbonyl (C=O) groups is 1. The third-order valence-electron chi connectivity index (χ3n) is 12.2. The number of allylic oxidation sites excluding steroid dienone is 1. The van der Waals surface area contributed by atoms with Crippen LogP contribution >= 0.6 is 0 Å². The zero-order chi connectivity index (χ0) is 27.8. The molecule has 4 aliphatic rings. The Morgan fingerprint density at radius 2 is 1.68 bits per heavy atom. The van der Waals surface area contributed by atoms with Gasteiger partial charge in [-0.05, 0) is 99.0 Å². The molecular formula is C30H50O7. The summed E-state index contributed by atoms with van der Waals surface area (Å²) in [5, 5.41) is 66.0. The summed E-state index contributed by atoms with van der Waals surface area (Å²) in [6, 6.07) is 0. The highest BCUT2D eigenvalue weighted by atomic mass is 16.3. The SMILES string of the molecule is CC(C)C(CCO)CC(O)[C@](C)(O)[C@H]1CCC2(O)C3=CC(=O)[C@]4(C)C[C@@H](O)[C@@H](O)C[C@]4(C)C3CC[C@]12C. The van der Waals surface area contributed by atoms with Crippen LogP contribution in [0.4, 0.5) is 0 Å². The molecule has 4 aliphatic carbocycles. The number of ketones is 1. The molecule has 0 saturated heterocycles. The highest BCUT2D eigenvalue weighted by Gasteiger charge is 2.71. The van der Waals surface area contributed by atoms with Crippen LogP contribution in [0.2, 0.25) is 0 Å². The average Bonchev–Trinajstić information content (AvgIpc) is 3.09. The molecule has 0 heterocycles. The zero-order valence-electron chi connectivity index (χ0n) is 23.6. The number of rotatable bonds is 7. The summed E-state index contributed by atoms with van der Waals surface area (Å²) in [4.78, 5) is 13.6. The van der Waals surface area contributed by atoms with E-state index in [0.717, 1.165) is 0 Å². The monoisotopic (exact) mass is 522 g/mol. The second-order valence-corrected chi connectivity index (χ2v) is 14.2. The number of aliphatic hydroxyl groups is 6. The van der Waals surface area contributed by atoms with Gasteiger partial charge >= 0.3 is 0 Å². The summed E-state index contributed by atoms with van der Waals surface area (Å²) < 4.78 is 0. The first-order chi connectivity index (χ1) is 17.0. The quantitative estimate of drug-likeness (QED) is 0.302. The molecule has 37 heavy (non-hydrogen) atoms. The van der Waals surface area contributed by atoms with Crippen LogP contribution in [-0.2, 0) is 4.79 Å². The summed E-state index contributed by atoms with van der Waals surface area (Å²) in [6.45, 7) is 11.7. The van der Waals surface area contributed by atoms with E-state index in [2.05, 4.69) is 13.8 Å². The van der Waals surface area contributed by atoms with Gasteiger partial charge in [-0.1, -0.05) is 34.6 Å². The normalized spacial score (nSPS) is 46.9. The van der Waals surface area contributed by atoms with Gasteiger partial charge in [-0.2, -0.15) is 0 Å². The van der Waals surface area contributed by atoms with Crippen LogP contribution in [0.3, 0.4) is 0 Å². The van der Waals surface area contributed by atoms with Gasteiger partial charge in [-0.25, -0.2) is 0 Å². The van der Waals surface area contributed by atoms with Crippen molar-refractivity contribution in [1.82, 2.24) is 0 Å². The van der Waals surface area contributed by atoms with E-state index >= 15 is 0 Å². The second kappa shape index (κ2) is 9.38. The van der Waals surface area contributed by atoms with Crippen LogP contribution in [0.5, 0.6) is 0 Å². The van der Waals surface area contributed by atoms with Gasteiger partial charge in [-0.3, -0.25) is 4.79 Å². The van der Waals surface area contributed by atoms with E-state index in [-0.39, 0.29) is 42.5 Å². The topological polar surface area (TPSA) is 138 Å². The minimum absolute atomic E-state index is 0.0333. The van der Waals surface area contributed by atoms with Crippen molar-refractivity contribution in [2.24, 2.45) is 39.9 Å². The fourth-order valence-electron chi connectivity index (χ4n) is 9.25. The standard InChI is InChI=1S/C30H50O7/c1-17(2)18(9-12-31)13-25(35)29(6,36)23-8-11-30(37)20-14-24(34)28(5)16-22(33)21(32)15-27(28,4)19(20)7-10-26(23,30)3/h14,17-19,21-23,25,31-33,35-37H,7-13,15-16H2,1-6H3/t18?,19?,21-,22+,23-,25?,26+,27+,28-,29+,30?/m0/s1. The molecule has 0 spiro atoms. The van der Waals surface area contributed by atoms with Gasteiger partial charge in [-0.15, -0.1) is 0 Å². The summed E-state index contributed by atoms with van der Waals surface area (Å²) >= 11 is 0. The smallest absolute Gasteiger partial charge is 0.162 e. The number of aliphatic hydroxyl groups excluding tert-OH is 4. The van der Waals surface area contributed by atoms with E-state index in [1.807, 2.05) is 20.8 Å². The predicted octanol–water partition coefficient (Wildman–Crippen LogP) is 2.74. The van der Waals surface area contributed by atoms with Crippen molar-refractivity contribution in [3.05, 3.63) is 11.6 Å². The van der Waals surface area contributed by atoms with Gasteiger partial charge in [0.15, 0.2) is 5.78 Å². The van der Waals surface area contributed by atoms with Crippen molar-refractivity contribution in [1.29, 1.82) is 0 Å². The number of fused-ring (bicyclic) bond motifs is 5. The van der Waals surface area contributed by atoms with Crippen molar-refractivity contribution in [2.75, 3.05) is 6.61 Å². The second-order valence-electron chi connectivity index (χ2n) is 14.2. The minimum atomic E-state index is -1.45. The molecule has 0 radical (unpaired) electrons. The van der Waals surface area contributed by atoms with Gasteiger partial charge in [0.1, 0.15) is 0 Å². The summed E-state index contributed by atoms with van der Waals surface area (Å²) in [5.41, 5.74) is -4.18. The Balaban J connectivity index is 1.68. The van der Waals surface area contributed by atoms with Crippen LogP contribution in [0.1, 0.15) is 92.9 Å². The molecule has 212 valence electrons. The fraction of sp³-hybridized carbons (Fsp3) is 0.900. The maximum Gasteiger partial charge on any atom is 0.162 e. The largest absolute Gasteiger partial charge is 0.396 e. The Labute approximate surface area is 222 Å². The molecule has 0 aromatic rings. The molecule has 11 atom stereocenters. The summed E-state index contributed by atoms with van der Waals surface area (Å²) in [6.07, 6.45) is 2.45. The van der Waals surface area contributed by atoms with Crippen molar-refractivity contribution in [2.45, 2.75) is 122 Å². The first-order valence-corrected chi connectivity index (χ1v) is 14.4. The molecule has 7 nitrogen and oxygen atoms in total. The van der Waals surface area contributed by atoms with E-state index < -0.39 is 45.8 Å². The lowest BCUT2D eigenvalue weighted by Crippen LogP contribution is -2.65. The maximum atomic E-state index is 13.6. The molecule has 0 aromatic carbocycles.